The van der Waals surface area contributed by atoms with Crippen LogP contribution >= 0.6 is 0 Å². The van der Waals surface area contributed by atoms with Gasteiger partial charge in [0, 0.05) is 25.9 Å². The van der Waals surface area contributed by atoms with E-state index in [1.165, 1.54) is 7.11 Å². The molecule has 1 saturated heterocycles. The Morgan fingerprint density at radius 3 is 2.12 bits per heavy atom. The van der Waals surface area contributed by atoms with Crippen LogP contribution in [0.15, 0.2) is 33.9 Å². The van der Waals surface area contributed by atoms with Crippen LogP contribution in [0.25, 0.3) is 5.69 Å². The van der Waals surface area contributed by atoms with E-state index in [0.717, 1.165) is 4.57 Å². The summed E-state index contributed by atoms with van der Waals surface area (Å²) in [5.41, 5.74) is -1.65. The molecule has 0 bridgehead atoms. The zero-order valence-electron chi connectivity index (χ0n) is 18.7. The van der Waals surface area contributed by atoms with E-state index in [1.807, 2.05) is 20.8 Å². The topological polar surface area (TPSA) is 139 Å². The molecule has 0 atom stereocenters. The van der Waals surface area contributed by atoms with Crippen molar-refractivity contribution in [3.05, 3.63) is 45.2 Å². The third-order valence-electron chi connectivity index (χ3n) is 5.34. The minimum atomic E-state index is -0.791. The van der Waals surface area contributed by atoms with Crippen LogP contribution < -0.4 is 16.7 Å². The summed E-state index contributed by atoms with van der Waals surface area (Å²) in [6.07, 6.45) is 0.463. The predicted octanol–water partition coefficient (Wildman–Crippen LogP) is 1.46. The molecule has 0 saturated carbocycles. The molecular weight excluding hydrogens is 418 g/mol. The molecule has 2 amide bonds. The number of anilines is 1. The van der Waals surface area contributed by atoms with Crippen molar-refractivity contribution >= 4 is 17.7 Å². The second-order valence-electron chi connectivity index (χ2n) is 8.88. The number of likely N-dealkylation sites (tertiary alicyclic amines) is 1. The van der Waals surface area contributed by atoms with E-state index in [-0.39, 0.29) is 12.5 Å². The summed E-state index contributed by atoms with van der Waals surface area (Å²) < 4.78 is 11.7. The van der Waals surface area contributed by atoms with Gasteiger partial charge in [0.1, 0.15) is 5.60 Å². The third kappa shape index (κ3) is 5.10. The van der Waals surface area contributed by atoms with E-state index in [1.54, 1.807) is 29.2 Å². The Morgan fingerprint density at radius 2 is 1.62 bits per heavy atom. The van der Waals surface area contributed by atoms with Gasteiger partial charge in [0.05, 0.1) is 17.7 Å². The Balaban J connectivity index is 1.69. The number of carbonyl (C=O) groups excluding carboxylic acids is 2. The third-order valence-corrected chi connectivity index (χ3v) is 5.34. The number of nitrogens with one attached hydrogen (secondary N) is 3. The molecule has 11 nitrogen and oxygen atoms in total. The number of carbonyl (C=O) groups is 2. The number of hydrogen-bond acceptors (Lipinski definition) is 6. The molecule has 32 heavy (non-hydrogen) atoms. The lowest BCUT2D eigenvalue weighted by Gasteiger charge is -2.40. The van der Waals surface area contributed by atoms with Gasteiger partial charge in [0.2, 0.25) is 5.91 Å². The highest BCUT2D eigenvalue weighted by atomic mass is 16.6. The van der Waals surface area contributed by atoms with Gasteiger partial charge < -0.3 is 19.7 Å². The first kappa shape index (κ1) is 23.3. The van der Waals surface area contributed by atoms with Gasteiger partial charge in [-0.3, -0.25) is 4.79 Å². The fraction of sp³-hybridized carbons (Fsp3) is 0.524. The van der Waals surface area contributed by atoms with Crippen LogP contribution in [0.3, 0.4) is 0 Å². The van der Waals surface area contributed by atoms with E-state index in [9.17, 15) is 19.2 Å². The van der Waals surface area contributed by atoms with Crippen molar-refractivity contribution in [1.82, 2.24) is 19.7 Å². The van der Waals surface area contributed by atoms with E-state index in [0.29, 0.717) is 37.3 Å². The van der Waals surface area contributed by atoms with Crippen LogP contribution in [-0.4, -0.2) is 64.1 Å². The SMILES string of the molecule is COCC1(C(=O)Nc2ccc(-n3c(=O)[nH][nH]c3=O)cc2)CCN(C(=O)OC(C)(C)C)CC1. The standard InChI is InChI=1S/C21H29N5O6/c1-20(2,3)32-19(30)25-11-9-21(10-12-25,13-31-4)16(27)22-14-5-7-15(8-6-14)26-17(28)23-24-18(26)29/h5-8H,9-13H2,1-4H3,(H,22,27)(H,23,28)(H,24,29). The van der Waals surface area contributed by atoms with Crippen molar-refractivity contribution in [1.29, 1.82) is 0 Å². The molecule has 2 aromatic rings. The highest BCUT2D eigenvalue weighted by Gasteiger charge is 2.43. The second kappa shape index (κ2) is 9.03. The number of aromatic amines is 2. The maximum Gasteiger partial charge on any atom is 0.410 e. The monoisotopic (exact) mass is 447 g/mol. The number of benzene rings is 1. The Kier molecular flexibility index (Phi) is 6.58. The van der Waals surface area contributed by atoms with Gasteiger partial charge in [-0.25, -0.2) is 29.1 Å². The maximum absolute atomic E-state index is 13.2. The zero-order chi connectivity index (χ0) is 23.5. The van der Waals surface area contributed by atoms with Crippen molar-refractivity contribution in [3.8, 4) is 5.69 Å². The number of hydrogen-bond donors (Lipinski definition) is 3. The van der Waals surface area contributed by atoms with Crippen LogP contribution in [-0.2, 0) is 14.3 Å². The summed E-state index contributed by atoms with van der Waals surface area (Å²) in [5.74, 6) is -0.215. The van der Waals surface area contributed by atoms with E-state index in [2.05, 4.69) is 15.5 Å². The quantitative estimate of drug-likeness (QED) is 0.634. The Labute approximate surface area is 184 Å². The average Bonchev–Trinajstić information content (AvgIpc) is 3.06. The van der Waals surface area contributed by atoms with Crippen LogP contribution in [0, 0.1) is 5.41 Å². The van der Waals surface area contributed by atoms with Gasteiger partial charge in [-0.15, -0.1) is 0 Å². The fourth-order valence-corrected chi connectivity index (χ4v) is 3.66. The summed E-state index contributed by atoms with van der Waals surface area (Å²) in [6.45, 7) is 6.41. The molecule has 0 aliphatic carbocycles. The lowest BCUT2D eigenvalue weighted by Crippen LogP contribution is -2.51. The minimum absolute atomic E-state index is 0.215. The van der Waals surface area contributed by atoms with Gasteiger partial charge in [0.25, 0.3) is 0 Å². The lowest BCUT2D eigenvalue weighted by atomic mass is 9.78. The minimum Gasteiger partial charge on any atom is -0.444 e. The van der Waals surface area contributed by atoms with Gasteiger partial charge in [0.15, 0.2) is 0 Å². The molecular formula is C21H29N5O6. The molecule has 11 heteroatoms. The molecule has 174 valence electrons. The lowest BCUT2D eigenvalue weighted by molar-refractivity contribution is -0.132. The Bertz CT molecular complexity index is 1040. The van der Waals surface area contributed by atoms with Crippen LogP contribution in [0.4, 0.5) is 10.5 Å². The average molecular weight is 447 g/mol. The smallest absolute Gasteiger partial charge is 0.410 e. The Hall–Kier alpha value is -3.34. The highest BCUT2D eigenvalue weighted by Crippen LogP contribution is 2.34. The molecule has 1 aromatic heterocycles. The fourth-order valence-electron chi connectivity index (χ4n) is 3.66. The summed E-state index contributed by atoms with van der Waals surface area (Å²) in [7, 11) is 1.54. The van der Waals surface area contributed by atoms with Crippen LogP contribution in [0.5, 0.6) is 0 Å². The van der Waals surface area contributed by atoms with E-state index >= 15 is 0 Å². The van der Waals surface area contributed by atoms with Crippen molar-refractivity contribution in [2.24, 2.45) is 5.41 Å². The summed E-state index contributed by atoms with van der Waals surface area (Å²) in [4.78, 5) is 50.6. The molecule has 1 fully saturated rings. The number of rotatable bonds is 5. The molecule has 3 rings (SSSR count). The van der Waals surface area contributed by atoms with Gasteiger partial charge in [-0.1, -0.05) is 0 Å². The van der Waals surface area contributed by atoms with Crippen molar-refractivity contribution in [2.45, 2.75) is 39.2 Å². The number of H-pyrrole nitrogens is 2. The van der Waals surface area contributed by atoms with Gasteiger partial charge >= 0.3 is 17.5 Å². The molecule has 1 aliphatic heterocycles. The van der Waals surface area contributed by atoms with Gasteiger partial charge in [-0.2, -0.15) is 0 Å². The summed E-state index contributed by atoms with van der Waals surface area (Å²) in [5, 5.41) is 7.32. The first-order chi connectivity index (χ1) is 15.0. The molecule has 1 aliphatic rings. The van der Waals surface area contributed by atoms with Crippen molar-refractivity contribution < 1.29 is 19.1 Å². The van der Waals surface area contributed by atoms with Gasteiger partial charge in [-0.05, 0) is 57.9 Å². The highest BCUT2D eigenvalue weighted by molar-refractivity contribution is 5.95. The number of aromatic nitrogens is 3. The zero-order valence-corrected chi connectivity index (χ0v) is 18.7. The molecule has 0 unspecified atom stereocenters. The molecule has 0 spiro atoms. The Morgan fingerprint density at radius 1 is 1.06 bits per heavy atom. The first-order valence-corrected chi connectivity index (χ1v) is 10.3. The van der Waals surface area contributed by atoms with Crippen molar-refractivity contribution in [3.63, 3.8) is 0 Å². The first-order valence-electron chi connectivity index (χ1n) is 10.3. The van der Waals surface area contributed by atoms with Crippen LogP contribution in [0.1, 0.15) is 33.6 Å². The predicted molar refractivity (Wildman–Crippen MR) is 117 cm³/mol. The maximum atomic E-state index is 13.2. The number of ether oxygens (including phenoxy) is 2. The normalized spacial score (nSPS) is 15.9. The molecule has 2 heterocycles. The van der Waals surface area contributed by atoms with Crippen LogP contribution in [0.2, 0.25) is 0 Å². The second-order valence-corrected chi connectivity index (χ2v) is 8.88. The number of piperidine rings is 1. The molecule has 3 N–H and O–H groups in total. The van der Waals surface area contributed by atoms with E-state index < -0.39 is 28.5 Å². The molecule has 0 radical (unpaired) electrons. The van der Waals surface area contributed by atoms with E-state index in [4.69, 9.17) is 9.47 Å². The number of amides is 2. The van der Waals surface area contributed by atoms with Crippen molar-refractivity contribution in [2.75, 3.05) is 32.1 Å². The number of methoxy groups -OCH3 is 1. The number of nitrogens with zero attached hydrogens (tertiary/aromatic N) is 2. The molecule has 1 aromatic carbocycles. The summed E-state index contributed by atoms with van der Waals surface area (Å²) in [6, 6.07) is 6.35. The largest absolute Gasteiger partial charge is 0.444 e. The summed E-state index contributed by atoms with van der Waals surface area (Å²) >= 11 is 0.